The zero-order valence-corrected chi connectivity index (χ0v) is 16.3. The van der Waals surface area contributed by atoms with Gasteiger partial charge in [-0.2, -0.15) is 5.10 Å². The molecule has 0 heterocycles. The molecule has 29 heavy (non-hydrogen) atoms. The third-order valence-electron chi connectivity index (χ3n) is 4.05. The van der Waals surface area contributed by atoms with Crippen molar-refractivity contribution in [2.24, 2.45) is 5.10 Å². The second-order valence-corrected chi connectivity index (χ2v) is 7.90. The Balaban J connectivity index is 1.77. The zero-order chi connectivity index (χ0) is 20.9. The number of sulfonamides is 1. The largest absolute Gasteiger partial charge is 0.507 e. The van der Waals surface area contributed by atoms with Gasteiger partial charge in [0.15, 0.2) is 0 Å². The van der Waals surface area contributed by atoms with Gasteiger partial charge in [0.1, 0.15) is 5.75 Å². The molecule has 0 atom stereocenters. The molecule has 3 rings (SSSR count). The SMILES string of the molecule is Cc1ccc(S(=O)(=O)Nc2ccccc2/C=N/NC(=O)c2ccccc2O)cc1. The van der Waals surface area contributed by atoms with Crippen molar-refractivity contribution in [3.05, 3.63) is 89.5 Å². The van der Waals surface area contributed by atoms with Crippen LogP contribution in [0, 0.1) is 6.92 Å². The van der Waals surface area contributed by atoms with Crippen molar-refractivity contribution < 1.29 is 18.3 Å². The number of phenolic OH excluding ortho intramolecular Hbond substituents is 1. The number of phenols is 1. The number of hydrogen-bond donors (Lipinski definition) is 3. The van der Waals surface area contributed by atoms with Crippen LogP contribution >= 0.6 is 0 Å². The molecule has 7 nitrogen and oxygen atoms in total. The number of aryl methyl sites for hydroxylation is 1. The highest BCUT2D eigenvalue weighted by atomic mass is 32.2. The summed E-state index contributed by atoms with van der Waals surface area (Å²) in [6.07, 6.45) is 1.32. The summed E-state index contributed by atoms with van der Waals surface area (Å²) in [6.45, 7) is 1.87. The Morgan fingerprint density at radius 2 is 1.62 bits per heavy atom. The fourth-order valence-electron chi connectivity index (χ4n) is 2.51. The number of nitrogens with one attached hydrogen (secondary N) is 2. The average molecular weight is 409 g/mol. The number of benzene rings is 3. The van der Waals surface area contributed by atoms with E-state index >= 15 is 0 Å². The van der Waals surface area contributed by atoms with Crippen LogP contribution in [-0.2, 0) is 10.0 Å². The third kappa shape index (κ3) is 4.99. The van der Waals surface area contributed by atoms with Gasteiger partial charge in [0.05, 0.1) is 22.4 Å². The van der Waals surface area contributed by atoms with E-state index in [2.05, 4.69) is 15.2 Å². The minimum absolute atomic E-state index is 0.0815. The molecule has 0 fully saturated rings. The van der Waals surface area contributed by atoms with Crippen LogP contribution in [0.25, 0.3) is 0 Å². The fraction of sp³-hybridized carbons (Fsp3) is 0.0476. The molecule has 3 aromatic rings. The molecule has 0 aliphatic rings. The normalized spacial score (nSPS) is 11.3. The second-order valence-electron chi connectivity index (χ2n) is 6.22. The standard InChI is InChI=1S/C21H19N3O4S/c1-15-10-12-17(13-11-15)29(27,28)24-19-8-4-2-6-16(19)14-22-23-21(26)18-7-3-5-9-20(18)25/h2-14,24-25H,1H3,(H,23,26)/b22-14+. The third-order valence-corrected chi connectivity index (χ3v) is 5.44. The van der Waals surface area contributed by atoms with Crippen molar-refractivity contribution in [1.29, 1.82) is 0 Å². The summed E-state index contributed by atoms with van der Waals surface area (Å²) in [5.41, 5.74) is 4.12. The molecular formula is C21H19N3O4S. The maximum absolute atomic E-state index is 12.6. The summed E-state index contributed by atoms with van der Waals surface area (Å²) in [5, 5.41) is 13.6. The molecule has 0 unspecified atom stereocenters. The van der Waals surface area contributed by atoms with Gasteiger partial charge in [-0.3, -0.25) is 9.52 Å². The van der Waals surface area contributed by atoms with Crippen LogP contribution in [0.5, 0.6) is 5.75 Å². The van der Waals surface area contributed by atoms with Gasteiger partial charge >= 0.3 is 0 Å². The van der Waals surface area contributed by atoms with E-state index in [0.717, 1.165) is 5.56 Å². The average Bonchev–Trinajstić information content (AvgIpc) is 2.69. The molecule has 148 valence electrons. The lowest BCUT2D eigenvalue weighted by molar-refractivity contribution is 0.0952. The minimum Gasteiger partial charge on any atom is -0.507 e. The van der Waals surface area contributed by atoms with E-state index < -0.39 is 15.9 Å². The van der Waals surface area contributed by atoms with E-state index in [9.17, 15) is 18.3 Å². The number of para-hydroxylation sites is 2. The predicted molar refractivity (Wildman–Crippen MR) is 112 cm³/mol. The minimum atomic E-state index is -3.77. The van der Waals surface area contributed by atoms with Gasteiger partial charge in [-0.05, 0) is 37.3 Å². The number of nitrogens with zero attached hydrogens (tertiary/aromatic N) is 1. The van der Waals surface area contributed by atoms with Gasteiger partial charge in [0, 0.05) is 5.56 Å². The number of amides is 1. The first-order valence-corrected chi connectivity index (χ1v) is 10.1. The van der Waals surface area contributed by atoms with Crippen LogP contribution in [0.15, 0.2) is 82.8 Å². The number of aromatic hydroxyl groups is 1. The number of rotatable bonds is 6. The summed E-state index contributed by atoms with van der Waals surface area (Å²) in [5.74, 6) is -0.747. The Morgan fingerprint density at radius 1 is 0.966 bits per heavy atom. The van der Waals surface area contributed by atoms with Gasteiger partial charge in [-0.25, -0.2) is 13.8 Å². The maximum Gasteiger partial charge on any atom is 0.275 e. The molecule has 0 radical (unpaired) electrons. The van der Waals surface area contributed by atoms with Crippen LogP contribution in [0.4, 0.5) is 5.69 Å². The highest BCUT2D eigenvalue weighted by molar-refractivity contribution is 7.92. The molecule has 0 aromatic heterocycles. The molecule has 0 spiro atoms. The number of carbonyl (C=O) groups is 1. The zero-order valence-electron chi connectivity index (χ0n) is 15.5. The summed E-state index contributed by atoms with van der Waals surface area (Å²) < 4.78 is 27.8. The predicted octanol–water partition coefficient (Wildman–Crippen LogP) is 3.27. The van der Waals surface area contributed by atoms with Crippen molar-refractivity contribution >= 4 is 27.8 Å². The molecule has 0 aliphatic heterocycles. The lowest BCUT2D eigenvalue weighted by Gasteiger charge is -2.10. The Hall–Kier alpha value is -3.65. The van der Waals surface area contributed by atoms with E-state index in [1.807, 2.05) is 6.92 Å². The molecule has 0 bridgehead atoms. The van der Waals surface area contributed by atoms with Gasteiger partial charge in [0.25, 0.3) is 15.9 Å². The van der Waals surface area contributed by atoms with E-state index in [-0.39, 0.29) is 16.2 Å². The second kappa shape index (κ2) is 8.57. The first-order chi connectivity index (χ1) is 13.9. The number of hydrazone groups is 1. The Bertz CT molecular complexity index is 1160. The smallest absolute Gasteiger partial charge is 0.275 e. The van der Waals surface area contributed by atoms with Crippen LogP contribution in [0.1, 0.15) is 21.5 Å². The molecule has 0 saturated carbocycles. The van der Waals surface area contributed by atoms with Gasteiger partial charge in [-0.15, -0.1) is 0 Å². The number of hydrogen-bond acceptors (Lipinski definition) is 5. The number of carbonyl (C=O) groups excluding carboxylic acids is 1. The van der Waals surface area contributed by atoms with E-state index in [0.29, 0.717) is 11.3 Å². The van der Waals surface area contributed by atoms with Gasteiger partial charge in [-0.1, -0.05) is 48.0 Å². The van der Waals surface area contributed by atoms with Crippen molar-refractivity contribution in [2.45, 2.75) is 11.8 Å². The first kappa shape index (κ1) is 20.1. The summed E-state index contributed by atoms with van der Waals surface area (Å²) >= 11 is 0. The molecule has 0 saturated heterocycles. The quantitative estimate of drug-likeness (QED) is 0.429. The van der Waals surface area contributed by atoms with Crippen LogP contribution in [0.2, 0.25) is 0 Å². The monoisotopic (exact) mass is 409 g/mol. The lowest BCUT2D eigenvalue weighted by atomic mass is 10.2. The maximum atomic E-state index is 12.6. The van der Waals surface area contributed by atoms with Crippen molar-refractivity contribution in [3.63, 3.8) is 0 Å². The molecule has 0 aliphatic carbocycles. The topological polar surface area (TPSA) is 108 Å². The van der Waals surface area contributed by atoms with Gasteiger partial charge in [0.2, 0.25) is 0 Å². The van der Waals surface area contributed by atoms with E-state index in [1.54, 1.807) is 48.5 Å². The summed E-state index contributed by atoms with van der Waals surface area (Å²) in [4.78, 5) is 12.2. The fourth-order valence-corrected chi connectivity index (χ4v) is 3.60. The first-order valence-electron chi connectivity index (χ1n) is 8.67. The molecule has 1 amide bonds. The van der Waals surface area contributed by atoms with Crippen LogP contribution < -0.4 is 10.1 Å². The molecule has 3 aromatic carbocycles. The van der Waals surface area contributed by atoms with E-state index in [1.165, 1.54) is 30.5 Å². The van der Waals surface area contributed by atoms with Crippen molar-refractivity contribution in [1.82, 2.24) is 5.43 Å². The van der Waals surface area contributed by atoms with Gasteiger partial charge < -0.3 is 5.11 Å². The summed E-state index contributed by atoms with van der Waals surface area (Å²) in [6, 6.07) is 19.2. The molecular weight excluding hydrogens is 390 g/mol. The van der Waals surface area contributed by atoms with Crippen LogP contribution in [-0.4, -0.2) is 25.6 Å². The Kier molecular flexibility index (Phi) is 5.94. The van der Waals surface area contributed by atoms with Crippen LogP contribution in [0.3, 0.4) is 0 Å². The number of anilines is 1. The summed E-state index contributed by atoms with van der Waals surface area (Å²) in [7, 11) is -3.77. The highest BCUT2D eigenvalue weighted by Gasteiger charge is 2.15. The van der Waals surface area contributed by atoms with E-state index in [4.69, 9.17) is 0 Å². The molecule has 8 heteroatoms. The lowest BCUT2D eigenvalue weighted by Crippen LogP contribution is -2.18. The van der Waals surface area contributed by atoms with Crippen molar-refractivity contribution in [2.75, 3.05) is 4.72 Å². The van der Waals surface area contributed by atoms with Crippen molar-refractivity contribution in [3.8, 4) is 5.75 Å². The molecule has 3 N–H and O–H groups in total. The Labute approximate surface area is 168 Å². The Morgan fingerprint density at radius 3 is 2.34 bits per heavy atom. The highest BCUT2D eigenvalue weighted by Crippen LogP contribution is 2.19.